The van der Waals surface area contributed by atoms with E-state index >= 15 is 0 Å². The Balaban J connectivity index is 2.84. The van der Waals surface area contributed by atoms with E-state index in [-0.39, 0.29) is 5.41 Å². The first-order valence-electron chi connectivity index (χ1n) is 5.22. The van der Waals surface area contributed by atoms with Gasteiger partial charge < -0.3 is 0 Å². The van der Waals surface area contributed by atoms with Gasteiger partial charge in [0.1, 0.15) is 0 Å². The molecule has 0 aliphatic heterocycles. The first kappa shape index (κ1) is 13.2. The summed E-state index contributed by atoms with van der Waals surface area (Å²) in [5.41, 5.74) is 2.28. The third-order valence-corrected chi connectivity index (χ3v) is 3.00. The summed E-state index contributed by atoms with van der Waals surface area (Å²) in [6.07, 6.45) is 1.17. The van der Waals surface area contributed by atoms with Gasteiger partial charge >= 0.3 is 0 Å². The van der Waals surface area contributed by atoms with Gasteiger partial charge in [-0.1, -0.05) is 45.0 Å². The Hall–Kier alpha value is -0.870. The first-order chi connectivity index (χ1) is 7.18. The molecule has 4 heteroatoms. The van der Waals surface area contributed by atoms with Crippen LogP contribution in [0.3, 0.4) is 0 Å². The average molecular weight is 241 g/mol. The van der Waals surface area contributed by atoms with Gasteiger partial charge in [-0.25, -0.2) is 13.1 Å². The maximum absolute atomic E-state index is 11.0. The van der Waals surface area contributed by atoms with E-state index in [0.29, 0.717) is 6.54 Å². The van der Waals surface area contributed by atoms with Gasteiger partial charge in [0.15, 0.2) is 0 Å². The molecule has 3 nitrogen and oxygen atoms in total. The number of hydrogen-bond acceptors (Lipinski definition) is 2. The second kappa shape index (κ2) is 4.55. The zero-order chi connectivity index (χ0) is 12.4. The summed E-state index contributed by atoms with van der Waals surface area (Å²) >= 11 is 0. The van der Waals surface area contributed by atoms with Crippen molar-refractivity contribution < 1.29 is 8.42 Å². The third-order valence-electron chi connectivity index (χ3n) is 2.33. The molecule has 0 bridgehead atoms. The molecule has 0 atom stereocenters. The minimum atomic E-state index is -3.12. The summed E-state index contributed by atoms with van der Waals surface area (Å²) in [5, 5.41) is 0. The molecule has 0 spiro atoms. The molecule has 0 saturated heterocycles. The highest BCUT2D eigenvalue weighted by Gasteiger charge is 2.13. The standard InChI is InChI=1S/C12H19NO2S/c1-12(2,3)11-7-5-6-10(8-11)9-13-16(4,14)15/h5-8,13H,9H2,1-4H3. The molecule has 0 aromatic heterocycles. The van der Waals surface area contributed by atoms with Crippen LogP contribution in [0.25, 0.3) is 0 Å². The number of benzene rings is 1. The lowest BCUT2D eigenvalue weighted by molar-refractivity contribution is 0.584. The minimum Gasteiger partial charge on any atom is -0.213 e. The quantitative estimate of drug-likeness (QED) is 0.880. The van der Waals surface area contributed by atoms with Crippen LogP contribution in [0.1, 0.15) is 31.9 Å². The van der Waals surface area contributed by atoms with E-state index < -0.39 is 10.0 Å². The lowest BCUT2D eigenvalue weighted by Crippen LogP contribution is -2.21. The van der Waals surface area contributed by atoms with Crippen LogP contribution in [0.2, 0.25) is 0 Å². The van der Waals surface area contributed by atoms with E-state index in [9.17, 15) is 8.42 Å². The number of rotatable bonds is 3. The fraction of sp³-hybridized carbons (Fsp3) is 0.500. The minimum absolute atomic E-state index is 0.0844. The normalized spacial score (nSPS) is 12.8. The Morgan fingerprint density at radius 1 is 1.25 bits per heavy atom. The zero-order valence-corrected chi connectivity index (χ0v) is 11.1. The fourth-order valence-corrected chi connectivity index (χ4v) is 1.79. The Kier molecular flexibility index (Phi) is 3.76. The van der Waals surface area contributed by atoms with Crippen molar-refractivity contribution in [2.24, 2.45) is 0 Å². The Labute approximate surface area is 97.9 Å². The van der Waals surface area contributed by atoms with Crippen LogP contribution < -0.4 is 4.72 Å². The number of nitrogens with one attached hydrogen (secondary N) is 1. The van der Waals surface area contributed by atoms with E-state index in [4.69, 9.17) is 0 Å². The van der Waals surface area contributed by atoms with Crippen LogP contribution in [0.5, 0.6) is 0 Å². The van der Waals surface area contributed by atoms with Crippen LogP contribution in [0, 0.1) is 0 Å². The van der Waals surface area contributed by atoms with Crippen molar-refractivity contribution in [2.75, 3.05) is 6.26 Å². The van der Waals surface area contributed by atoms with Gasteiger partial charge in [-0.05, 0) is 16.5 Å². The number of hydrogen-bond donors (Lipinski definition) is 1. The molecular formula is C12H19NO2S. The summed E-state index contributed by atoms with van der Waals surface area (Å²) in [5.74, 6) is 0. The van der Waals surface area contributed by atoms with Crippen molar-refractivity contribution in [2.45, 2.75) is 32.7 Å². The molecule has 0 aliphatic rings. The SMILES string of the molecule is CC(C)(C)c1cccc(CNS(C)(=O)=O)c1. The number of sulfonamides is 1. The van der Waals surface area contributed by atoms with Crippen LogP contribution in [0.15, 0.2) is 24.3 Å². The average Bonchev–Trinajstić information content (AvgIpc) is 2.13. The van der Waals surface area contributed by atoms with Gasteiger partial charge in [0.2, 0.25) is 10.0 Å². The van der Waals surface area contributed by atoms with E-state index in [2.05, 4.69) is 31.6 Å². The van der Waals surface area contributed by atoms with Crippen LogP contribution in [0.4, 0.5) is 0 Å². The molecule has 1 rings (SSSR count). The Morgan fingerprint density at radius 3 is 2.38 bits per heavy atom. The van der Waals surface area contributed by atoms with Crippen LogP contribution in [-0.2, 0) is 22.0 Å². The molecule has 0 fully saturated rings. The summed E-state index contributed by atoms with van der Waals surface area (Å²) < 4.78 is 24.4. The summed E-state index contributed by atoms with van der Waals surface area (Å²) in [7, 11) is -3.12. The van der Waals surface area contributed by atoms with E-state index in [0.717, 1.165) is 5.56 Å². The highest BCUT2D eigenvalue weighted by atomic mass is 32.2. The molecule has 0 unspecified atom stereocenters. The smallest absolute Gasteiger partial charge is 0.209 e. The second-order valence-electron chi connectivity index (χ2n) is 5.04. The van der Waals surface area contributed by atoms with Crippen LogP contribution in [-0.4, -0.2) is 14.7 Å². The predicted molar refractivity (Wildman–Crippen MR) is 66.8 cm³/mol. The zero-order valence-electron chi connectivity index (χ0n) is 10.2. The topological polar surface area (TPSA) is 46.2 Å². The lowest BCUT2D eigenvalue weighted by Gasteiger charge is -2.19. The van der Waals surface area contributed by atoms with Crippen molar-refractivity contribution in [1.29, 1.82) is 0 Å². The van der Waals surface area contributed by atoms with Crippen molar-refractivity contribution in [3.63, 3.8) is 0 Å². The van der Waals surface area contributed by atoms with Gasteiger partial charge in [-0.3, -0.25) is 0 Å². The fourth-order valence-electron chi connectivity index (χ4n) is 1.36. The van der Waals surface area contributed by atoms with Crippen LogP contribution >= 0.6 is 0 Å². The monoisotopic (exact) mass is 241 g/mol. The largest absolute Gasteiger partial charge is 0.213 e. The molecule has 0 saturated carbocycles. The van der Waals surface area contributed by atoms with Gasteiger partial charge in [-0.2, -0.15) is 0 Å². The molecule has 0 amide bonds. The van der Waals surface area contributed by atoms with E-state index in [1.807, 2.05) is 18.2 Å². The molecule has 0 heterocycles. The molecule has 90 valence electrons. The maximum atomic E-state index is 11.0. The van der Waals surface area contributed by atoms with Gasteiger partial charge in [0.05, 0.1) is 6.26 Å². The van der Waals surface area contributed by atoms with E-state index in [1.165, 1.54) is 11.8 Å². The Morgan fingerprint density at radius 2 is 1.88 bits per heavy atom. The second-order valence-corrected chi connectivity index (χ2v) is 6.88. The summed E-state index contributed by atoms with van der Waals surface area (Å²) in [6.45, 7) is 6.76. The maximum Gasteiger partial charge on any atom is 0.209 e. The summed E-state index contributed by atoms with van der Waals surface area (Å²) in [4.78, 5) is 0. The van der Waals surface area contributed by atoms with Gasteiger partial charge in [0.25, 0.3) is 0 Å². The summed E-state index contributed by atoms with van der Waals surface area (Å²) in [6, 6.07) is 7.98. The third kappa shape index (κ3) is 4.33. The molecule has 0 aliphatic carbocycles. The first-order valence-corrected chi connectivity index (χ1v) is 7.12. The van der Waals surface area contributed by atoms with Crippen molar-refractivity contribution in [3.8, 4) is 0 Å². The van der Waals surface area contributed by atoms with Crippen molar-refractivity contribution in [3.05, 3.63) is 35.4 Å². The van der Waals surface area contributed by atoms with Gasteiger partial charge in [-0.15, -0.1) is 0 Å². The Bertz CT molecular complexity index is 458. The van der Waals surface area contributed by atoms with Crippen molar-refractivity contribution in [1.82, 2.24) is 4.72 Å². The van der Waals surface area contributed by atoms with Gasteiger partial charge in [0, 0.05) is 6.54 Å². The highest BCUT2D eigenvalue weighted by Crippen LogP contribution is 2.22. The lowest BCUT2D eigenvalue weighted by atomic mass is 9.86. The molecular weight excluding hydrogens is 222 g/mol. The van der Waals surface area contributed by atoms with E-state index in [1.54, 1.807) is 0 Å². The molecule has 1 aromatic carbocycles. The van der Waals surface area contributed by atoms with Crippen molar-refractivity contribution >= 4 is 10.0 Å². The highest BCUT2D eigenvalue weighted by molar-refractivity contribution is 7.88. The molecule has 1 aromatic rings. The molecule has 16 heavy (non-hydrogen) atoms. The molecule has 0 radical (unpaired) electrons. The molecule has 1 N–H and O–H groups in total. The predicted octanol–water partition coefficient (Wildman–Crippen LogP) is 2.03.